The first-order valence-corrected chi connectivity index (χ1v) is 6.71. The number of ether oxygens (including phenoxy) is 1. The van der Waals surface area contributed by atoms with Crippen molar-refractivity contribution in [2.75, 3.05) is 6.61 Å². The fourth-order valence-electron chi connectivity index (χ4n) is 3.73. The summed E-state index contributed by atoms with van der Waals surface area (Å²) < 4.78 is 5.98. The van der Waals surface area contributed by atoms with E-state index >= 15 is 0 Å². The van der Waals surface area contributed by atoms with E-state index in [0.29, 0.717) is 23.5 Å². The molecule has 1 N–H and O–H groups in total. The third kappa shape index (κ3) is 1.62. The first-order chi connectivity index (χ1) is 7.41. The van der Waals surface area contributed by atoms with Crippen LogP contribution < -0.4 is 0 Å². The lowest BCUT2D eigenvalue weighted by Gasteiger charge is -2.39. The Balaban J connectivity index is 1.99. The first kappa shape index (κ1) is 12.4. The molecule has 0 spiro atoms. The molecule has 2 aliphatic carbocycles. The molecule has 0 aromatic rings. The van der Waals surface area contributed by atoms with E-state index in [0.717, 1.165) is 12.3 Å². The molecular formula is C14H26O2. The largest absolute Gasteiger partial charge is 0.391 e. The van der Waals surface area contributed by atoms with E-state index in [1.165, 1.54) is 19.3 Å². The van der Waals surface area contributed by atoms with Gasteiger partial charge in [0.15, 0.2) is 0 Å². The lowest BCUT2D eigenvalue weighted by molar-refractivity contribution is -0.0751. The Morgan fingerprint density at radius 1 is 1.38 bits per heavy atom. The molecule has 4 atom stereocenters. The summed E-state index contributed by atoms with van der Waals surface area (Å²) in [5, 5.41) is 9.58. The second kappa shape index (κ2) is 3.99. The van der Waals surface area contributed by atoms with Gasteiger partial charge in [-0.1, -0.05) is 27.7 Å². The van der Waals surface area contributed by atoms with Crippen LogP contribution in [0.1, 0.15) is 53.4 Å². The van der Waals surface area contributed by atoms with Crippen molar-refractivity contribution in [1.29, 1.82) is 0 Å². The molecule has 0 saturated heterocycles. The van der Waals surface area contributed by atoms with E-state index in [1.54, 1.807) is 0 Å². The van der Waals surface area contributed by atoms with Crippen molar-refractivity contribution in [2.45, 2.75) is 65.6 Å². The SMILES string of the molecule is CCC(O)COC1CC2CCC1(C)C2(C)C. The van der Waals surface area contributed by atoms with E-state index in [1.807, 2.05) is 6.92 Å². The highest BCUT2D eigenvalue weighted by Gasteiger charge is 2.61. The maximum absolute atomic E-state index is 9.58. The molecule has 2 aliphatic rings. The van der Waals surface area contributed by atoms with Crippen LogP contribution in [-0.4, -0.2) is 23.9 Å². The van der Waals surface area contributed by atoms with E-state index in [2.05, 4.69) is 20.8 Å². The Morgan fingerprint density at radius 3 is 2.50 bits per heavy atom. The molecule has 2 rings (SSSR count). The molecule has 0 heterocycles. The van der Waals surface area contributed by atoms with E-state index in [-0.39, 0.29) is 6.10 Å². The number of aliphatic hydroxyl groups is 1. The van der Waals surface area contributed by atoms with Gasteiger partial charge in [-0.25, -0.2) is 0 Å². The van der Waals surface area contributed by atoms with Gasteiger partial charge in [0.2, 0.25) is 0 Å². The smallest absolute Gasteiger partial charge is 0.0771 e. The van der Waals surface area contributed by atoms with Gasteiger partial charge in [-0.2, -0.15) is 0 Å². The van der Waals surface area contributed by atoms with Crippen molar-refractivity contribution in [3.63, 3.8) is 0 Å². The highest BCUT2D eigenvalue weighted by atomic mass is 16.5. The van der Waals surface area contributed by atoms with Crippen LogP contribution in [-0.2, 0) is 4.74 Å². The van der Waals surface area contributed by atoms with Gasteiger partial charge < -0.3 is 9.84 Å². The van der Waals surface area contributed by atoms with Crippen molar-refractivity contribution >= 4 is 0 Å². The Morgan fingerprint density at radius 2 is 2.06 bits per heavy atom. The van der Waals surface area contributed by atoms with Crippen LogP contribution in [0, 0.1) is 16.7 Å². The van der Waals surface area contributed by atoms with Gasteiger partial charge >= 0.3 is 0 Å². The van der Waals surface area contributed by atoms with Crippen molar-refractivity contribution in [2.24, 2.45) is 16.7 Å². The summed E-state index contributed by atoms with van der Waals surface area (Å²) in [6.45, 7) is 9.68. The maximum atomic E-state index is 9.58. The number of hydrogen-bond donors (Lipinski definition) is 1. The van der Waals surface area contributed by atoms with Crippen molar-refractivity contribution in [3.05, 3.63) is 0 Å². The molecule has 4 unspecified atom stereocenters. The molecule has 0 aromatic carbocycles. The molecule has 2 fully saturated rings. The van der Waals surface area contributed by atoms with Crippen LogP contribution in [0.15, 0.2) is 0 Å². The summed E-state index contributed by atoms with van der Waals surface area (Å²) in [6, 6.07) is 0. The van der Waals surface area contributed by atoms with Crippen molar-refractivity contribution < 1.29 is 9.84 Å². The predicted octanol–water partition coefficient (Wildman–Crippen LogP) is 2.99. The van der Waals surface area contributed by atoms with Gasteiger partial charge in [0, 0.05) is 0 Å². The maximum Gasteiger partial charge on any atom is 0.0771 e. The Labute approximate surface area is 99.4 Å². The van der Waals surface area contributed by atoms with Crippen molar-refractivity contribution in [1.82, 2.24) is 0 Å². The molecule has 16 heavy (non-hydrogen) atoms. The Kier molecular flexibility index (Phi) is 3.09. The molecule has 2 nitrogen and oxygen atoms in total. The van der Waals surface area contributed by atoms with Gasteiger partial charge in [0.25, 0.3) is 0 Å². The number of fused-ring (bicyclic) bond motifs is 2. The monoisotopic (exact) mass is 226 g/mol. The average molecular weight is 226 g/mol. The van der Waals surface area contributed by atoms with E-state index < -0.39 is 0 Å². The van der Waals surface area contributed by atoms with Crippen molar-refractivity contribution in [3.8, 4) is 0 Å². The predicted molar refractivity (Wildman–Crippen MR) is 65.3 cm³/mol. The average Bonchev–Trinajstić information content (AvgIpc) is 2.58. The first-order valence-electron chi connectivity index (χ1n) is 6.71. The van der Waals surface area contributed by atoms with E-state index in [4.69, 9.17) is 4.74 Å². The molecule has 0 radical (unpaired) electrons. The quantitative estimate of drug-likeness (QED) is 0.798. The summed E-state index contributed by atoms with van der Waals surface area (Å²) in [7, 11) is 0. The minimum absolute atomic E-state index is 0.286. The standard InChI is InChI=1S/C14H26O2/c1-5-11(15)9-16-12-8-10-6-7-14(12,4)13(10,2)3/h10-12,15H,5-9H2,1-4H3. The second-order valence-electron chi connectivity index (χ2n) is 6.49. The zero-order valence-electron chi connectivity index (χ0n) is 11.1. The van der Waals surface area contributed by atoms with Gasteiger partial charge in [-0.15, -0.1) is 0 Å². The van der Waals surface area contributed by atoms with Gasteiger partial charge in [-0.05, 0) is 42.4 Å². The lowest BCUT2D eigenvalue weighted by atomic mass is 9.70. The summed E-state index contributed by atoms with van der Waals surface area (Å²) >= 11 is 0. The minimum Gasteiger partial charge on any atom is -0.391 e. The normalized spacial score (nSPS) is 42.6. The molecule has 2 saturated carbocycles. The van der Waals surface area contributed by atoms with Gasteiger partial charge in [-0.3, -0.25) is 0 Å². The summed E-state index contributed by atoms with van der Waals surface area (Å²) in [5.74, 6) is 0.821. The molecule has 94 valence electrons. The van der Waals surface area contributed by atoms with Gasteiger partial charge in [0.1, 0.15) is 0 Å². The van der Waals surface area contributed by atoms with Crippen LogP contribution in [0.5, 0.6) is 0 Å². The molecule has 0 aromatic heterocycles. The summed E-state index contributed by atoms with van der Waals surface area (Å²) in [5.41, 5.74) is 0.736. The third-order valence-electron chi connectivity index (χ3n) is 5.67. The molecule has 0 amide bonds. The molecule has 0 aliphatic heterocycles. The fourth-order valence-corrected chi connectivity index (χ4v) is 3.73. The number of rotatable bonds is 4. The zero-order chi connectivity index (χ0) is 12.0. The second-order valence-corrected chi connectivity index (χ2v) is 6.49. The van der Waals surface area contributed by atoms with Crippen LogP contribution in [0.3, 0.4) is 0 Å². The van der Waals surface area contributed by atoms with Crippen LogP contribution in [0.2, 0.25) is 0 Å². The Bertz CT molecular complexity index is 261. The molecule has 2 heteroatoms. The topological polar surface area (TPSA) is 29.5 Å². The minimum atomic E-state index is -0.286. The van der Waals surface area contributed by atoms with Crippen LogP contribution in [0.25, 0.3) is 0 Å². The number of aliphatic hydroxyl groups excluding tert-OH is 1. The molecular weight excluding hydrogens is 200 g/mol. The van der Waals surface area contributed by atoms with Crippen LogP contribution >= 0.6 is 0 Å². The Hall–Kier alpha value is -0.0800. The summed E-state index contributed by atoms with van der Waals surface area (Å²) in [4.78, 5) is 0. The number of hydrogen-bond acceptors (Lipinski definition) is 2. The van der Waals surface area contributed by atoms with Crippen LogP contribution in [0.4, 0.5) is 0 Å². The highest BCUT2D eigenvalue weighted by Crippen LogP contribution is 2.66. The third-order valence-corrected chi connectivity index (χ3v) is 5.67. The molecule has 2 bridgehead atoms. The lowest BCUT2D eigenvalue weighted by Crippen LogP contribution is -2.38. The fraction of sp³-hybridized carbons (Fsp3) is 1.00. The summed E-state index contributed by atoms with van der Waals surface area (Å²) in [6.07, 6.45) is 4.71. The van der Waals surface area contributed by atoms with E-state index in [9.17, 15) is 5.11 Å². The highest BCUT2D eigenvalue weighted by molar-refractivity contribution is 5.11. The zero-order valence-corrected chi connectivity index (χ0v) is 11.1. The van der Waals surface area contributed by atoms with Gasteiger partial charge in [0.05, 0.1) is 18.8 Å².